The molecule has 102 valence electrons. The first-order valence-electron chi connectivity index (χ1n) is 7.05. The van der Waals surface area contributed by atoms with Crippen LogP contribution in [0.1, 0.15) is 28.3 Å². The molecule has 1 aromatic heterocycles. The number of benzene rings is 2. The van der Waals surface area contributed by atoms with Gasteiger partial charge in [-0.05, 0) is 30.5 Å². The van der Waals surface area contributed by atoms with Crippen molar-refractivity contribution in [3.63, 3.8) is 0 Å². The summed E-state index contributed by atoms with van der Waals surface area (Å²) in [5.74, 6) is 0.242. The molecule has 20 heavy (non-hydrogen) atoms. The molecule has 0 amide bonds. The largest absolute Gasteiger partial charge is 0.358 e. The average molecular weight is 264 g/mol. The van der Waals surface area contributed by atoms with Crippen LogP contribution < -0.4 is 5.73 Å². The van der Waals surface area contributed by atoms with E-state index in [-0.39, 0.29) is 5.92 Å². The topological polar surface area (TPSA) is 41.8 Å². The van der Waals surface area contributed by atoms with Crippen molar-refractivity contribution in [3.05, 3.63) is 70.9 Å². The highest BCUT2D eigenvalue weighted by Gasteiger charge is 2.19. The molecule has 0 saturated carbocycles. The Hall–Kier alpha value is -2.06. The van der Waals surface area contributed by atoms with Gasteiger partial charge < -0.3 is 10.7 Å². The van der Waals surface area contributed by atoms with E-state index in [0.29, 0.717) is 6.54 Å². The number of nitrogens with one attached hydrogen (secondary N) is 1. The van der Waals surface area contributed by atoms with Crippen LogP contribution >= 0.6 is 0 Å². The molecular formula is C18H20N2. The molecule has 0 spiro atoms. The number of hydrogen-bond acceptors (Lipinski definition) is 1. The van der Waals surface area contributed by atoms with Gasteiger partial charge in [0.1, 0.15) is 0 Å². The van der Waals surface area contributed by atoms with E-state index in [1.807, 2.05) is 6.07 Å². The van der Waals surface area contributed by atoms with Gasteiger partial charge in [-0.15, -0.1) is 0 Å². The number of H-pyrrole nitrogens is 1. The van der Waals surface area contributed by atoms with Crippen molar-refractivity contribution < 1.29 is 0 Å². The van der Waals surface area contributed by atoms with Crippen molar-refractivity contribution in [2.24, 2.45) is 5.73 Å². The molecule has 0 aliphatic rings. The fourth-order valence-electron chi connectivity index (χ4n) is 3.07. The minimum atomic E-state index is 0.242. The van der Waals surface area contributed by atoms with Crippen LogP contribution in [0.4, 0.5) is 0 Å². The fourth-order valence-corrected chi connectivity index (χ4v) is 3.07. The first kappa shape index (κ1) is 12.9. The Labute approximate surface area is 119 Å². The number of nitrogens with two attached hydrogens (primary N) is 1. The van der Waals surface area contributed by atoms with Crippen LogP contribution in [0.3, 0.4) is 0 Å². The molecule has 3 rings (SSSR count). The Morgan fingerprint density at radius 3 is 2.45 bits per heavy atom. The Bertz CT molecular complexity index is 726. The highest BCUT2D eigenvalue weighted by atomic mass is 14.7. The van der Waals surface area contributed by atoms with Gasteiger partial charge in [0.05, 0.1) is 0 Å². The average Bonchev–Trinajstić information content (AvgIpc) is 2.80. The zero-order chi connectivity index (χ0) is 14.1. The van der Waals surface area contributed by atoms with E-state index >= 15 is 0 Å². The van der Waals surface area contributed by atoms with Gasteiger partial charge >= 0.3 is 0 Å². The summed E-state index contributed by atoms with van der Waals surface area (Å²) in [6.07, 6.45) is 0. The lowest BCUT2D eigenvalue weighted by Gasteiger charge is -2.16. The van der Waals surface area contributed by atoms with E-state index in [0.717, 1.165) is 0 Å². The smallest absolute Gasteiger partial charge is 0.0488 e. The fraction of sp³-hybridized carbons (Fsp3) is 0.222. The normalized spacial score (nSPS) is 12.8. The SMILES string of the molecule is Cc1[nH]c2c(C)cccc2c1C(CN)c1ccccc1. The number of aromatic nitrogens is 1. The first-order chi connectivity index (χ1) is 9.72. The van der Waals surface area contributed by atoms with Gasteiger partial charge in [-0.3, -0.25) is 0 Å². The van der Waals surface area contributed by atoms with Crippen molar-refractivity contribution in [3.8, 4) is 0 Å². The minimum absolute atomic E-state index is 0.242. The van der Waals surface area contributed by atoms with E-state index in [9.17, 15) is 0 Å². The summed E-state index contributed by atoms with van der Waals surface area (Å²) < 4.78 is 0. The van der Waals surface area contributed by atoms with E-state index < -0.39 is 0 Å². The number of aromatic amines is 1. The number of aryl methyl sites for hydroxylation is 2. The summed E-state index contributed by atoms with van der Waals surface area (Å²) in [5, 5.41) is 1.29. The summed E-state index contributed by atoms with van der Waals surface area (Å²) >= 11 is 0. The van der Waals surface area contributed by atoms with Crippen LogP contribution in [-0.4, -0.2) is 11.5 Å². The van der Waals surface area contributed by atoms with Crippen molar-refractivity contribution in [1.29, 1.82) is 0 Å². The van der Waals surface area contributed by atoms with Crippen LogP contribution in [0.15, 0.2) is 48.5 Å². The molecule has 1 atom stereocenters. The van der Waals surface area contributed by atoms with Gasteiger partial charge in [-0.2, -0.15) is 0 Å². The second-order valence-electron chi connectivity index (χ2n) is 5.36. The predicted molar refractivity (Wildman–Crippen MR) is 85.1 cm³/mol. The second-order valence-corrected chi connectivity index (χ2v) is 5.36. The number of rotatable bonds is 3. The van der Waals surface area contributed by atoms with Crippen LogP contribution in [0.5, 0.6) is 0 Å². The van der Waals surface area contributed by atoms with Crippen LogP contribution in [0, 0.1) is 13.8 Å². The van der Waals surface area contributed by atoms with Gasteiger partial charge in [-0.25, -0.2) is 0 Å². The highest BCUT2D eigenvalue weighted by Crippen LogP contribution is 2.33. The monoisotopic (exact) mass is 264 g/mol. The quantitative estimate of drug-likeness (QED) is 0.740. The number of para-hydroxylation sites is 1. The lowest BCUT2D eigenvalue weighted by Crippen LogP contribution is -2.14. The minimum Gasteiger partial charge on any atom is -0.358 e. The summed E-state index contributed by atoms with van der Waals surface area (Å²) in [7, 11) is 0. The molecule has 0 aliphatic carbocycles. The molecule has 0 aliphatic heterocycles. The van der Waals surface area contributed by atoms with Crippen molar-refractivity contribution in [1.82, 2.24) is 4.98 Å². The standard InChI is InChI=1S/C18H20N2/c1-12-7-6-10-15-17(13(2)20-18(12)15)16(11-19)14-8-4-3-5-9-14/h3-10,16,20H,11,19H2,1-2H3. The molecule has 0 fully saturated rings. The molecule has 0 bridgehead atoms. The Balaban J connectivity index is 2.22. The maximum absolute atomic E-state index is 6.08. The zero-order valence-corrected chi connectivity index (χ0v) is 12.0. The van der Waals surface area contributed by atoms with E-state index in [2.05, 4.69) is 61.3 Å². The number of hydrogen-bond donors (Lipinski definition) is 2. The predicted octanol–water partition coefficient (Wildman–Crippen LogP) is 3.88. The van der Waals surface area contributed by atoms with Crippen molar-refractivity contribution >= 4 is 10.9 Å². The van der Waals surface area contributed by atoms with Gasteiger partial charge in [0.2, 0.25) is 0 Å². The third-order valence-electron chi connectivity index (χ3n) is 4.07. The van der Waals surface area contributed by atoms with E-state index in [4.69, 9.17) is 5.73 Å². The summed E-state index contributed by atoms with van der Waals surface area (Å²) in [6, 6.07) is 17.0. The zero-order valence-electron chi connectivity index (χ0n) is 12.0. The molecule has 3 aromatic rings. The molecule has 0 saturated heterocycles. The van der Waals surface area contributed by atoms with Crippen molar-refractivity contribution in [2.75, 3.05) is 6.54 Å². The summed E-state index contributed by atoms with van der Waals surface area (Å²) in [5.41, 5.74) is 12.4. The number of fused-ring (bicyclic) bond motifs is 1. The van der Waals surface area contributed by atoms with Gasteiger partial charge in [0.25, 0.3) is 0 Å². The molecular weight excluding hydrogens is 244 g/mol. The lowest BCUT2D eigenvalue weighted by molar-refractivity contribution is 0.817. The molecule has 2 heteroatoms. The maximum Gasteiger partial charge on any atom is 0.0488 e. The molecule has 2 nitrogen and oxygen atoms in total. The van der Waals surface area contributed by atoms with Crippen molar-refractivity contribution in [2.45, 2.75) is 19.8 Å². The Morgan fingerprint density at radius 2 is 1.75 bits per heavy atom. The molecule has 3 N–H and O–H groups in total. The van der Waals surface area contributed by atoms with E-state index in [1.165, 1.54) is 33.3 Å². The van der Waals surface area contributed by atoms with Crippen LogP contribution in [-0.2, 0) is 0 Å². The Kier molecular flexibility index (Phi) is 3.33. The molecule has 0 radical (unpaired) electrons. The third kappa shape index (κ3) is 2.02. The van der Waals surface area contributed by atoms with Gasteiger partial charge in [-0.1, -0.05) is 48.5 Å². The Morgan fingerprint density at radius 1 is 1.00 bits per heavy atom. The summed E-state index contributed by atoms with van der Waals surface area (Å²) in [4.78, 5) is 3.52. The summed E-state index contributed by atoms with van der Waals surface area (Å²) in [6.45, 7) is 4.90. The molecule has 1 heterocycles. The second kappa shape index (κ2) is 5.14. The molecule has 1 unspecified atom stereocenters. The lowest BCUT2D eigenvalue weighted by atomic mass is 9.89. The third-order valence-corrected chi connectivity index (χ3v) is 4.07. The first-order valence-corrected chi connectivity index (χ1v) is 7.05. The van der Waals surface area contributed by atoms with Crippen LogP contribution in [0.2, 0.25) is 0 Å². The van der Waals surface area contributed by atoms with Gasteiger partial charge in [0.15, 0.2) is 0 Å². The van der Waals surface area contributed by atoms with Gasteiger partial charge in [0, 0.05) is 29.1 Å². The highest BCUT2D eigenvalue weighted by molar-refractivity contribution is 5.88. The van der Waals surface area contributed by atoms with E-state index in [1.54, 1.807) is 0 Å². The van der Waals surface area contributed by atoms with Crippen LogP contribution in [0.25, 0.3) is 10.9 Å². The molecule has 2 aromatic carbocycles. The maximum atomic E-state index is 6.08.